The van der Waals surface area contributed by atoms with Crippen LogP contribution in [0.15, 0.2) is 35.0 Å². The van der Waals surface area contributed by atoms with E-state index in [0.717, 1.165) is 10.7 Å². The predicted molar refractivity (Wildman–Crippen MR) is 72.3 cm³/mol. The second kappa shape index (κ2) is 4.28. The Hall–Kier alpha value is -1.70. The van der Waals surface area contributed by atoms with E-state index < -0.39 is 0 Å². The van der Waals surface area contributed by atoms with E-state index in [0.29, 0.717) is 6.42 Å². The molecule has 0 bridgehead atoms. The van der Waals surface area contributed by atoms with Gasteiger partial charge in [-0.2, -0.15) is 5.26 Å². The van der Waals surface area contributed by atoms with Crippen LogP contribution in [0.1, 0.15) is 5.01 Å². The molecule has 82 valence electrons. The van der Waals surface area contributed by atoms with Gasteiger partial charge in [0.05, 0.1) is 18.2 Å². The highest BCUT2D eigenvalue weighted by Crippen LogP contribution is 2.34. The summed E-state index contributed by atoms with van der Waals surface area (Å²) in [6, 6.07) is 10.5. The third-order valence-corrected chi connectivity index (χ3v) is 4.35. The molecule has 17 heavy (non-hydrogen) atoms. The van der Waals surface area contributed by atoms with Gasteiger partial charge in [-0.15, -0.1) is 22.7 Å². The normalized spacial score (nSPS) is 10.5. The lowest BCUT2D eigenvalue weighted by atomic mass is 10.1. The van der Waals surface area contributed by atoms with E-state index in [9.17, 15) is 0 Å². The van der Waals surface area contributed by atoms with E-state index in [1.54, 1.807) is 22.7 Å². The summed E-state index contributed by atoms with van der Waals surface area (Å²) < 4.78 is 1.28. The van der Waals surface area contributed by atoms with Crippen LogP contribution in [0.2, 0.25) is 0 Å². The van der Waals surface area contributed by atoms with Gasteiger partial charge < -0.3 is 0 Å². The van der Waals surface area contributed by atoms with Gasteiger partial charge in [-0.3, -0.25) is 0 Å². The Morgan fingerprint density at radius 1 is 1.18 bits per heavy atom. The maximum Gasteiger partial charge on any atom is 0.107 e. The molecule has 0 N–H and O–H groups in total. The molecular formula is C13H8N2S2. The quantitative estimate of drug-likeness (QED) is 0.692. The van der Waals surface area contributed by atoms with Crippen LogP contribution in [0.4, 0.5) is 0 Å². The SMILES string of the molecule is N#CCc1nc(-c2csc3ccccc23)cs1. The van der Waals surface area contributed by atoms with E-state index in [2.05, 4.69) is 28.6 Å². The molecule has 0 atom stereocenters. The van der Waals surface area contributed by atoms with Crippen LogP contribution in [0.3, 0.4) is 0 Å². The van der Waals surface area contributed by atoms with E-state index in [1.165, 1.54) is 15.6 Å². The van der Waals surface area contributed by atoms with Gasteiger partial charge in [0, 0.05) is 26.4 Å². The third-order valence-electron chi connectivity index (χ3n) is 2.54. The fourth-order valence-electron chi connectivity index (χ4n) is 1.76. The number of thiazole rings is 1. The van der Waals surface area contributed by atoms with Crippen LogP contribution in [0, 0.1) is 11.3 Å². The Bertz CT molecular complexity index is 703. The zero-order valence-electron chi connectivity index (χ0n) is 8.88. The van der Waals surface area contributed by atoms with E-state index in [-0.39, 0.29) is 0 Å². The molecule has 0 radical (unpaired) electrons. The summed E-state index contributed by atoms with van der Waals surface area (Å²) in [5.41, 5.74) is 2.16. The first-order valence-electron chi connectivity index (χ1n) is 5.16. The van der Waals surface area contributed by atoms with Crippen molar-refractivity contribution < 1.29 is 0 Å². The van der Waals surface area contributed by atoms with Gasteiger partial charge >= 0.3 is 0 Å². The fourth-order valence-corrected chi connectivity index (χ4v) is 3.44. The largest absolute Gasteiger partial charge is 0.240 e. The number of aromatic nitrogens is 1. The lowest BCUT2D eigenvalue weighted by molar-refractivity contribution is 1.19. The fraction of sp³-hybridized carbons (Fsp3) is 0.0769. The predicted octanol–water partition coefficient (Wildman–Crippen LogP) is 4.09. The zero-order chi connectivity index (χ0) is 11.7. The monoisotopic (exact) mass is 256 g/mol. The molecule has 3 rings (SSSR count). The average molecular weight is 256 g/mol. The number of fused-ring (bicyclic) bond motifs is 1. The maximum absolute atomic E-state index is 8.65. The maximum atomic E-state index is 8.65. The summed E-state index contributed by atoms with van der Waals surface area (Å²) >= 11 is 3.28. The Morgan fingerprint density at radius 3 is 2.94 bits per heavy atom. The van der Waals surface area contributed by atoms with Gasteiger partial charge in [0.2, 0.25) is 0 Å². The summed E-state index contributed by atoms with van der Waals surface area (Å²) in [7, 11) is 0. The number of thiophene rings is 1. The molecule has 0 amide bonds. The number of nitriles is 1. The van der Waals surface area contributed by atoms with Crippen LogP contribution in [0.5, 0.6) is 0 Å². The van der Waals surface area contributed by atoms with Crippen LogP contribution < -0.4 is 0 Å². The second-order valence-corrected chi connectivity index (χ2v) is 5.46. The number of rotatable bonds is 2. The highest BCUT2D eigenvalue weighted by Gasteiger charge is 2.09. The van der Waals surface area contributed by atoms with Crippen molar-refractivity contribution in [1.82, 2.24) is 4.98 Å². The van der Waals surface area contributed by atoms with Crippen molar-refractivity contribution >= 4 is 32.8 Å². The van der Waals surface area contributed by atoms with Crippen molar-refractivity contribution in [2.75, 3.05) is 0 Å². The Morgan fingerprint density at radius 2 is 2.06 bits per heavy atom. The van der Waals surface area contributed by atoms with Gasteiger partial charge in [0.1, 0.15) is 5.01 Å². The summed E-state index contributed by atoms with van der Waals surface area (Å²) in [5, 5.41) is 14.9. The van der Waals surface area contributed by atoms with Crippen LogP contribution >= 0.6 is 22.7 Å². The minimum atomic E-state index is 0.396. The minimum Gasteiger partial charge on any atom is -0.240 e. The highest BCUT2D eigenvalue weighted by atomic mass is 32.1. The molecule has 0 aliphatic heterocycles. The van der Waals surface area contributed by atoms with E-state index >= 15 is 0 Å². The molecule has 0 unspecified atom stereocenters. The van der Waals surface area contributed by atoms with E-state index in [4.69, 9.17) is 5.26 Å². The molecule has 0 saturated heterocycles. The first-order valence-corrected chi connectivity index (χ1v) is 6.92. The number of hydrogen-bond donors (Lipinski definition) is 0. The van der Waals surface area contributed by atoms with Crippen molar-refractivity contribution in [3.8, 4) is 17.3 Å². The zero-order valence-corrected chi connectivity index (χ0v) is 10.5. The van der Waals surface area contributed by atoms with Crippen molar-refractivity contribution in [1.29, 1.82) is 5.26 Å². The average Bonchev–Trinajstić information content (AvgIpc) is 2.95. The molecule has 2 nitrogen and oxygen atoms in total. The molecule has 0 saturated carbocycles. The highest BCUT2D eigenvalue weighted by molar-refractivity contribution is 7.17. The van der Waals surface area contributed by atoms with Gasteiger partial charge in [-0.1, -0.05) is 18.2 Å². The Balaban J connectivity index is 2.11. The van der Waals surface area contributed by atoms with Crippen LogP contribution in [-0.4, -0.2) is 4.98 Å². The molecule has 1 aromatic carbocycles. The van der Waals surface area contributed by atoms with Crippen LogP contribution in [-0.2, 0) is 6.42 Å². The number of benzene rings is 1. The molecule has 4 heteroatoms. The molecular weight excluding hydrogens is 248 g/mol. The summed E-state index contributed by atoms with van der Waals surface area (Å²) in [4.78, 5) is 4.50. The van der Waals surface area contributed by atoms with Crippen molar-refractivity contribution in [3.05, 3.63) is 40.0 Å². The first kappa shape index (κ1) is 10.5. The minimum absolute atomic E-state index is 0.396. The standard InChI is InChI=1S/C13H8N2S2/c14-6-5-13-15-11(8-17-13)10-7-16-12-4-2-1-3-9(10)12/h1-4,7-8H,5H2. The van der Waals surface area contributed by atoms with Crippen molar-refractivity contribution in [2.45, 2.75) is 6.42 Å². The van der Waals surface area contributed by atoms with Gasteiger partial charge in [-0.25, -0.2) is 4.98 Å². The molecule has 3 aromatic rings. The number of hydrogen-bond acceptors (Lipinski definition) is 4. The van der Waals surface area contributed by atoms with Crippen molar-refractivity contribution in [3.63, 3.8) is 0 Å². The molecule has 2 aromatic heterocycles. The van der Waals surface area contributed by atoms with Crippen LogP contribution in [0.25, 0.3) is 21.3 Å². The lowest BCUT2D eigenvalue weighted by Gasteiger charge is -1.93. The number of nitrogens with zero attached hydrogens (tertiary/aromatic N) is 2. The molecule has 2 heterocycles. The van der Waals surface area contributed by atoms with E-state index in [1.807, 2.05) is 17.5 Å². The smallest absolute Gasteiger partial charge is 0.107 e. The molecule has 0 fully saturated rings. The van der Waals surface area contributed by atoms with Crippen molar-refractivity contribution in [2.24, 2.45) is 0 Å². The Labute approximate surface area is 107 Å². The molecule has 0 aliphatic rings. The summed E-state index contributed by atoms with van der Waals surface area (Å²) in [5.74, 6) is 0. The lowest BCUT2D eigenvalue weighted by Crippen LogP contribution is -1.80. The summed E-state index contributed by atoms with van der Waals surface area (Å²) in [6.07, 6.45) is 0.396. The molecule has 0 spiro atoms. The Kier molecular flexibility index (Phi) is 2.63. The van der Waals surface area contributed by atoms with Gasteiger partial charge in [0.25, 0.3) is 0 Å². The third kappa shape index (κ3) is 1.84. The van der Waals surface area contributed by atoms with Gasteiger partial charge in [-0.05, 0) is 6.07 Å². The van der Waals surface area contributed by atoms with Gasteiger partial charge in [0.15, 0.2) is 0 Å². The second-order valence-electron chi connectivity index (χ2n) is 3.61. The first-order chi connectivity index (χ1) is 8.38. The topological polar surface area (TPSA) is 36.7 Å². The summed E-state index contributed by atoms with van der Waals surface area (Å²) in [6.45, 7) is 0. The molecule has 0 aliphatic carbocycles.